The van der Waals surface area contributed by atoms with Crippen molar-refractivity contribution >= 4 is 17.9 Å². The maximum atomic E-state index is 12.6. The number of benzene rings is 1. The van der Waals surface area contributed by atoms with Crippen molar-refractivity contribution in [3.63, 3.8) is 0 Å². The van der Waals surface area contributed by atoms with Crippen LogP contribution < -0.4 is 10.6 Å². The van der Waals surface area contributed by atoms with Crippen LogP contribution in [0.1, 0.15) is 18.1 Å². The quantitative estimate of drug-likeness (QED) is 0.821. The molecule has 9 heteroatoms. The van der Waals surface area contributed by atoms with Gasteiger partial charge in [0.2, 0.25) is 0 Å². The van der Waals surface area contributed by atoms with E-state index in [9.17, 15) is 27.6 Å². The van der Waals surface area contributed by atoms with Crippen LogP contribution in [0.2, 0.25) is 0 Å². The summed E-state index contributed by atoms with van der Waals surface area (Å²) in [5.41, 5.74) is -0.781. The van der Waals surface area contributed by atoms with E-state index in [1.54, 1.807) is 0 Å². The average Bonchev–Trinajstić information content (AvgIpc) is 2.46. The van der Waals surface area contributed by atoms with Gasteiger partial charge >= 0.3 is 18.2 Å². The van der Waals surface area contributed by atoms with Gasteiger partial charge < -0.3 is 10.1 Å². The third-order valence-electron chi connectivity index (χ3n) is 2.74. The Balaban J connectivity index is 2.63. The third-order valence-corrected chi connectivity index (χ3v) is 2.74. The zero-order valence-corrected chi connectivity index (χ0v) is 12.4. The minimum absolute atomic E-state index is 0.101. The number of amides is 3. The van der Waals surface area contributed by atoms with Crippen molar-refractivity contribution in [3.05, 3.63) is 35.4 Å². The average molecular weight is 332 g/mol. The van der Waals surface area contributed by atoms with Crippen LogP contribution >= 0.6 is 0 Å². The summed E-state index contributed by atoms with van der Waals surface area (Å²) >= 11 is 0. The summed E-state index contributed by atoms with van der Waals surface area (Å²) in [7, 11) is 1.30. The van der Waals surface area contributed by atoms with E-state index in [0.717, 1.165) is 12.1 Å². The smallest absolute Gasteiger partial charge is 0.416 e. The summed E-state index contributed by atoms with van der Waals surface area (Å²) in [6, 6.07) is 3.46. The van der Waals surface area contributed by atoms with Gasteiger partial charge in [-0.05, 0) is 18.6 Å². The molecule has 0 bridgehead atoms. The molecule has 0 aliphatic carbocycles. The molecule has 6 nitrogen and oxygen atoms in total. The topological polar surface area (TPSA) is 84.5 Å². The first kappa shape index (κ1) is 18.5. The Morgan fingerprint density at radius 1 is 1.26 bits per heavy atom. The Kier molecular flexibility index (Phi) is 6.11. The molecule has 0 heterocycles. The monoisotopic (exact) mass is 332 g/mol. The molecule has 0 fully saturated rings. The first-order valence-electron chi connectivity index (χ1n) is 6.51. The first-order valence-corrected chi connectivity index (χ1v) is 6.51. The second-order valence-electron chi connectivity index (χ2n) is 4.58. The lowest BCUT2D eigenvalue weighted by Gasteiger charge is -2.13. The molecule has 1 aromatic rings. The predicted octanol–water partition coefficient (Wildman–Crippen LogP) is 1.64. The molecule has 0 radical (unpaired) electrons. The van der Waals surface area contributed by atoms with Gasteiger partial charge in [0.25, 0.3) is 5.91 Å². The number of carbonyl (C=O) groups is 3. The van der Waals surface area contributed by atoms with Gasteiger partial charge in [-0.25, -0.2) is 4.79 Å². The van der Waals surface area contributed by atoms with Crippen LogP contribution in [0, 0.1) is 0 Å². The summed E-state index contributed by atoms with van der Waals surface area (Å²) in [5.74, 6) is -1.73. The van der Waals surface area contributed by atoms with Crippen LogP contribution in [0.15, 0.2) is 24.3 Å². The lowest BCUT2D eigenvalue weighted by atomic mass is 10.1. The standard InChI is InChI=1S/C14H15F3N2O4/c1-8(12(21)19-13(22)18-2)23-11(20)7-9-4-3-5-10(6-9)14(15,16)17/h3-6,8H,7H2,1-2H3,(H2,18,19,21,22)/t8-/m0/s1. The van der Waals surface area contributed by atoms with Crippen molar-refractivity contribution in [2.45, 2.75) is 25.6 Å². The molecule has 0 aliphatic rings. The molecule has 0 aliphatic heterocycles. The summed E-state index contributed by atoms with van der Waals surface area (Å²) < 4.78 is 42.5. The van der Waals surface area contributed by atoms with E-state index in [2.05, 4.69) is 5.32 Å². The van der Waals surface area contributed by atoms with Crippen LogP contribution in [-0.2, 0) is 26.9 Å². The normalized spacial score (nSPS) is 12.2. The van der Waals surface area contributed by atoms with E-state index in [0.29, 0.717) is 0 Å². The summed E-state index contributed by atoms with van der Waals surface area (Å²) in [6.45, 7) is 1.24. The van der Waals surface area contributed by atoms with E-state index in [1.165, 1.54) is 26.1 Å². The van der Waals surface area contributed by atoms with Gasteiger partial charge in [-0.1, -0.05) is 18.2 Å². The van der Waals surface area contributed by atoms with Gasteiger partial charge in [-0.3, -0.25) is 14.9 Å². The minimum Gasteiger partial charge on any atom is -0.452 e. The van der Waals surface area contributed by atoms with Crippen LogP contribution in [0.25, 0.3) is 0 Å². The van der Waals surface area contributed by atoms with Crippen molar-refractivity contribution in [1.29, 1.82) is 0 Å². The summed E-state index contributed by atoms with van der Waals surface area (Å²) in [5, 5.41) is 4.06. The van der Waals surface area contributed by atoms with Crippen molar-refractivity contribution in [2.75, 3.05) is 7.05 Å². The second-order valence-corrected chi connectivity index (χ2v) is 4.58. The SMILES string of the molecule is CNC(=O)NC(=O)[C@H](C)OC(=O)Cc1cccc(C(F)(F)F)c1. The van der Waals surface area contributed by atoms with E-state index < -0.39 is 42.2 Å². The van der Waals surface area contributed by atoms with Gasteiger partial charge in [0.15, 0.2) is 6.10 Å². The maximum Gasteiger partial charge on any atom is 0.416 e. The molecule has 0 saturated heterocycles. The highest BCUT2D eigenvalue weighted by molar-refractivity contribution is 5.97. The number of carbonyl (C=O) groups excluding carboxylic acids is 3. The maximum absolute atomic E-state index is 12.6. The fourth-order valence-corrected chi connectivity index (χ4v) is 1.59. The number of rotatable bonds is 4. The van der Waals surface area contributed by atoms with Crippen molar-refractivity contribution < 1.29 is 32.3 Å². The molecule has 2 N–H and O–H groups in total. The Hall–Kier alpha value is -2.58. The molecule has 1 atom stereocenters. The van der Waals surface area contributed by atoms with Gasteiger partial charge in [-0.15, -0.1) is 0 Å². The number of esters is 1. The zero-order valence-electron chi connectivity index (χ0n) is 12.4. The van der Waals surface area contributed by atoms with E-state index >= 15 is 0 Å². The Morgan fingerprint density at radius 3 is 2.48 bits per heavy atom. The van der Waals surface area contributed by atoms with Crippen LogP contribution in [0.3, 0.4) is 0 Å². The molecular weight excluding hydrogens is 317 g/mol. The highest BCUT2D eigenvalue weighted by Crippen LogP contribution is 2.29. The number of urea groups is 1. The van der Waals surface area contributed by atoms with Crippen molar-refractivity contribution in [1.82, 2.24) is 10.6 Å². The fraction of sp³-hybridized carbons (Fsp3) is 0.357. The van der Waals surface area contributed by atoms with Gasteiger partial charge in [0.1, 0.15) is 0 Å². The number of ether oxygens (including phenoxy) is 1. The molecular formula is C14H15F3N2O4. The van der Waals surface area contributed by atoms with Gasteiger partial charge in [0.05, 0.1) is 12.0 Å². The molecule has 23 heavy (non-hydrogen) atoms. The minimum atomic E-state index is -4.51. The Labute approximate surface area is 130 Å². The highest BCUT2D eigenvalue weighted by atomic mass is 19.4. The predicted molar refractivity (Wildman–Crippen MR) is 73.3 cm³/mol. The van der Waals surface area contributed by atoms with Gasteiger partial charge in [0, 0.05) is 7.05 Å². The number of alkyl halides is 3. The lowest BCUT2D eigenvalue weighted by Crippen LogP contribution is -2.43. The summed E-state index contributed by atoms with van der Waals surface area (Å²) in [4.78, 5) is 34.1. The van der Waals surface area contributed by atoms with E-state index in [-0.39, 0.29) is 5.56 Å². The highest BCUT2D eigenvalue weighted by Gasteiger charge is 2.30. The fourth-order valence-electron chi connectivity index (χ4n) is 1.59. The van der Waals surface area contributed by atoms with E-state index in [4.69, 9.17) is 4.74 Å². The van der Waals surface area contributed by atoms with Crippen molar-refractivity contribution in [2.24, 2.45) is 0 Å². The second kappa shape index (κ2) is 7.61. The molecule has 0 spiro atoms. The zero-order chi connectivity index (χ0) is 17.6. The Bertz CT molecular complexity index is 602. The molecule has 1 rings (SSSR count). The molecule has 0 aromatic heterocycles. The molecule has 0 saturated carbocycles. The number of halogens is 3. The van der Waals surface area contributed by atoms with E-state index in [1.807, 2.05) is 5.32 Å². The number of hydrogen-bond donors (Lipinski definition) is 2. The Morgan fingerprint density at radius 2 is 1.91 bits per heavy atom. The number of imide groups is 1. The number of hydrogen-bond acceptors (Lipinski definition) is 4. The van der Waals surface area contributed by atoms with Crippen LogP contribution in [0.4, 0.5) is 18.0 Å². The third kappa shape index (κ3) is 5.97. The van der Waals surface area contributed by atoms with Crippen LogP contribution in [-0.4, -0.2) is 31.1 Å². The molecule has 0 unspecified atom stereocenters. The van der Waals surface area contributed by atoms with Crippen molar-refractivity contribution in [3.8, 4) is 0 Å². The molecule has 126 valence electrons. The molecule has 1 aromatic carbocycles. The molecule has 3 amide bonds. The van der Waals surface area contributed by atoms with Gasteiger partial charge in [-0.2, -0.15) is 13.2 Å². The number of nitrogens with one attached hydrogen (secondary N) is 2. The van der Waals surface area contributed by atoms with Crippen LogP contribution in [0.5, 0.6) is 0 Å². The largest absolute Gasteiger partial charge is 0.452 e. The lowest BCUT2D eigenvalue weighted by molar-refractivity contribution is -0.153. The first-order chi connectivity index (χ1) is 10.6. The summed E-state index contributed by atoms with van der Waals surface area (Å²) in [6.07, 6.45) is -6.20.